The number of thioether (sulfide) groups is 1. The molecule has 0 unspecified atom stereocenters. The molecule has 1 amide bonds. The fraction of sp³-hybridized carbons (Fsp3) is 0.212. The lowest BCUT2D eigenvalue weighted by Crippen LogP contribution is -2.29. The van der Waals surface area contributed by atoms with Crippen molar-refractivity contribution in [2.45, 2.75) is 42.5 Å². The molecule has 43 heavy (non-hydrogen) atoms. The van der Waals surface area contributed by atoms with Crippen molar-refractivity contribution in [3.05, 3.63) is 113 Å². The first kappa shape index (κ1) is 28.7. The summed E-state index contributed by atoms with van der Waals surface area (Å²) in [6.45, 7) is 8.00. The number of amides is 1. The average Bonchev–Trinajstić information content (AvgIpc) is 3.70. The van der Waals surface area contributed by atoms with Crippen LogP contribution in [0.2, 0.25) is 0 Å². The molecule has 2 aliphatic heterocycles. The molecule has 4 aromatic rings. The number of carbonyl (C=O) groups is 2. The van der Waals surface area contributed by atoms with Crippen molar-refractivity contribution in [1.82, 2.24) is 10.2 Å². The zero-order valence-corrected chi connectivity index (χ0v) is 25.3. The van der Waals surface area contributed by atoms with Gasteiger partial charge in [-0.05, 0) is 60.9 Å². The summed E-state index contributed by atoms with van der Waals surface area (Å²) in [6, 6.07) is 19.7. The maximum absolute atomic E-state index is 13.6. The van der Waals surface area contributed by atoms with Crippen LogP contribution in [0, 0.1) is 6.92 Å². The molecule has 1 fully saturated rings. The molecule has 1 aromatic heterocycles. The number of benzene rings is 3. The molecule has 0 spiro atoms. The van der Waals surface area contributed by atoms with Crippen molar-refractivity contribution < 1.29 is 24.2 Å². The fourth-order valence-corrected chi connectivity index (χ4v) is 7.01. The maximum atomic E-state index is 13.6. The molecule has 0 bridgehead atoms. The van der Waals surface area contributed by atoms with Crippen LogP contribution in [0.15, 0.2) is 89.3 Å². The van der Waals surface area contributed by atoms with Crippen LogP contribution in [-0.4, -0.2) is 39.7 Å². The molecule has 0 aliphatic carbocycles. The number of ether oxygens (including phenoxy) is 2. The molecule has 2 atom stereocenters. The zero-order valence-electron chi connectivity index (χ0n) is 23.6. The number of rotatable bonds is 9. The molecule has 10 heteroatoms. The molecule has 1 N–H and O–H groups in total. The molecule has 0 saturated carbocycles. The highest BCUT2D eigenvalue weighted by molar-refractivity contribution is 8.00. The van der Waals surface area contributed by atoms with Gasteiger partial charge in [0.15, 0.2) is 4.34 Å². The molecular weight excluding hydrogens is 583 g/mol. The summed E-state index contributed by atoms with van der Waals surface area (Å²) in [5.41, 5.74) is 4.25. The summed E-state index contributed by atoms with van der Waals surface area (Å²) in [5, 5.41) is 20.5. The van der Waals surface area contributed by atoms with Gasteiger partial charge in [-0.15, -0.1) is 10.2 Å². The molecule has 3 aromatic carbocycles. The van der Waals surface area contributed by atoms with Gasteiger partial charge in [0.2, 0.25) is 5.13 Å². The Morgan fingerprint density at radius 3 is 2.77 bits per heavy atom. The predicted octanol–water partition coefficient (Wildman–Crippen LogP) is 6.65. The quantitative estimate of drug-likeness (QED) is 0.0561. The Kier molecular flexibility index (Phi) is 8.05. The maximum Gasteiger partial charge on any atom is 0.301 e. The van der Waals surface area contributed by atoms with Crippen molar-refractivity contribution in [2.24, 2.45) is 0 Å². The summed E-state index contributed by atoms with van der Waals surface area (Å²) in [6.07, 6.45) is 2.34. The number of carbonyl (C=O) groups excluding carboxylic acids is 2. The predicted molar refractivity (Wildman–Crippen MR) is 168 cm³/mol. The number of aliphatic hydroxyl groups excluding tert-OH is 1. The lowest BCUT2D eigenvalue weighted by Gasteiger charge is -2.23. The number of aryl methyl sites for hydroxylation is 1. The first-order valence-electron chi connectivity index (χ1n) is 13.8. The van der Waals surface area contributed by atoms with E-state index in [-0.39, 0.29) is 29.2 Å². The summed E-state index contributed by atoms with van der Waals surface area (Å²) < 4.78 is 12.2. The van der Waals surface area contributed by atoms with Gasteiger partial charge in [0, 0.05) is 17.7 Å². The van der Waals surface area contributed by atoms with E-state index in [1.165, 1.54) is 33.6 Å². The number of aromatic nitrogens is 2. The minimum absolute atomic E-state index is 0.0201. The van der Waals surface area contributed by atoms with Crippen molar-refractivity contribution >= 4 is 45.7 Å². The van der Waals surface area contributed by atoms with Crippen molar-refractivity contribution in [3.8, 4) is 11.5 Å². The van der Waals surface area contributed by atoms with Crippen LogP contribution in [0.25, 0.3) is 5.76 Å². The van der Waals surface area contributed by atoms with Crippen LogP contribution in [-0.2, 0) is 21.8 Å². The van der Waals surface area contributed by atoms with Gasteiger partial charge in [-0.25, -0.2) is 0 Å². The van der Waals surface area contributed by atoms with Crippen LogP contribution < -0.4 is 14.4 Å². The Balaban J connectivity index is 1.39. The zero-order chi connectivity index (χ0) is 30.1. The van der Waals surface area contributed by atoms with Gasteiger partial charge in [-0.3, -0.25) is 14.5 Å². The van der Waals surface area contributed by atoms with E-state index < -0.39 is 17.7 Å². The van der Waals surface area contributed by atoms with E-state index in [0.717, 1.165) is 16.9 Å². The monoisotopic (exact) mass is 611 g/mol. The van der Waals surface area contributed by atoms with E-state index in [1.54, 1.807) is 42.5 Å². The third-order valence-electron chi connectivity index (χ3n) is 7.24. The molecule has 3 heterocycles. The van der Waals surface area contributed by atoms with Crippen molar-refractivity contribution in [2.75, 3.05) is 11.5 Å². The largest absolute Gasteiger partial charge is 0.507 e. The second-order valence-electron chi connectivity index (χ2n) is 10.4. The van der Waals surface area contributed by atoms with Crippen LogP contribution in [0.4, 0.5) is 5.13 Å². The van der Waals surface area contributed by atoms with Gasteiger partial charge >= 0.3 is 5.91 Å². The Bertz CT molecular complexity index is 1750. The van der Waals surface area contributed by atoms with Gasteiger partial charge in [0.05, 0.1) is 11.6 Å². The normalized spacial score (nSPS) is 18.9. The SMILES string of the molecule is C=CCOc1cccc([C@H]2/C(=C(\O)c3ccc4c(c3)C[C@H](C)O4)C(=O)C(=O)N2c2nnc(SCc3ccc(C)cc3)s2)c1. The third kappa shape index (κ3) is 5.80. The number of hydrogen-bond acceptors (Lipinski definition) is 9. The minimum Gasteiger partial charge on any atom is -0.507 e. The number of nitrogens with zero attached hydrogens (tertiary/aromatic N) is 3. The number of hydrogen-bond donors (Lipinski definition) is 1. The van der Waals surface area contributed by atoms with Crippen LogP contribution in [0.3, 0.4) is 0 Å². The van der Waals surface area contributed by atoms with Crippen LogP contribution in [0.1, 0.15) is 40.8 Å². The number of aliphatic hydroxyl groups is 1. The molecular formula is C33H29N3O5S2. The lowest BCUT2D eigenvalue weighted by atomic mass is 9.94. The third-order valence-corrected chi connectivity index (χ3v) is 9.37. The second-order valence-corrected chi connectivity index (χ2v) is 12.6. The van der Waals surface area contributed by atoms with Gasteiger partial charge in [0.1, 0.15) is 30.0 Å². The molecule has 0 radical (unpaired) electrons. The van der Waals surface area contributed by atoms with Gasteiger partial charge in [0.25, 0.3) is 5.78 Å². The molecule has 1 saturated heterocycles. The van der Waals surface area contributed by atoms with E-state index in [9.17, 15) is 14.7 Å². The Morgan fingerprint density at radius 2 is 1.98 bits per heavy atom. The van der Waals surface area contributed by atoms with Crippen LogP contribution in [0.5, 0.6) is 11.5 Å². The summed E-state index contributed by atoms with van der Waals surface area (Å²) in [5.74, 6) is 0.128. The lowest BCUT2D eigenvalue weighted by molar-refractivity contribution is -0.132. The van der Waals surface area contributed by atoms with E-state index in [1.807, 2.05) is 19.9 Å². The first-order valence-corrected chi connectivity index (χ1v) is 15.6. The minimum atomic E-state index is -0.946. The van der Waals surface area contributed by atoms with E-state index in [4.69, 9.17) is 9.47 Å². The number of fused-ring (bicyclic) bond motifs is 1. The molecule has 6 rings (SSSR count). The summed E-state index contributed by atoms with van der Waals surface area (Å²) in [7, 11) is 0. The standard InChI is InChI=1S/C33H29N3O5S2/c1-4-14-40-25-7-5-6-22(17-25)28-27(29(37)23-12-13-26-24(16-23)15-20(3)41-26)30(38)31(39)36(28)32-34-35-33(43-32)42-18-21-10-8-19(2)9-11-21/h4-13,16-17,20,28,37H,1,14-15,18H2,2-3H3/b29-27+/t20-,28-/m0/s1. The summed E-state index contributed by atoms with van der Waals surface area (Å²) in [4.78, 5) is 28.6. The highest BCUT2D eigenvalue weighted by atomic mass is 32.2. The number of Topliss-reactive ketones (excluding diaryl/α,β-unsaturated/α-hetero) is 1. The Morgan fingerprint density at radius 1 is 1.16 bits per heavy atom. The topological polar surface area (TPSA) is 102 Å². The highest BCUT2D eigenvalue weighted by Gasteiger charge is 2.48. The Labute approximate surface area is 257 Å². The summed E-state index contributed by atoms with van der Waals surface area (Å²) >= 11 is 2.73. The highest BCUT2D eigenvalue weighted by Crippen LogP contribution is 2.45. The van der Waals surface area contributed by atoms with Crippen LogP contribution >= 0.6 is 23.1 Å². The number of ketones is 1. The molecule has 2 aliphatic rings. The smallest absolute Gasteiger partial charge is 0.301 e. The van der Waals surface area contributed by atoms with E-state index >= 15 is 0 Å². The van der Waals surface area contributed by atoms with E-state index in [2.05, 4.69) is 41.0 Å². The second kappa shape index (κ2) is 12.1. The molecule has 218 valence electrons. The molecule has 8 nitrogen and oxygen atoms in total. The average molecular weight is 612 g/mol. The van der Waals surface area contributed by atoms with Gasteiger partial charge in [-0.1, -0.05) is 77.7 Å². The fourth-order valence-electron chi connectivity index (χ4n) is 5.19. The van der Waals surface area contributed by atoms with E-state index in [0.29, 0.717) is 33.4 Å². The van der Waals surface area contributed by atoms with Crippen molar-refractivity contribution in [3.63, 3.8) is 0 Å². The first-order chi connectivity index (χ1) is 20.8. The number of anilines is 1. The Hall–Kier alpha value is -4.41. The van der Waals surface area contributed by atoms with Gasteiger partial charge < -0.3 is 14.6 Å². The van der Waals surface area contributed by atoms with Gasteiger partial charge in [-0.2, -0.15) is 0 Å². The van der Waals surface area contributed by atoms with Crippen molar-refractivity contribution in [1.29, 1.82) is 0 Å².